The number of carboxylic acids is 1. The number of fused-ring (bicyclic) bond motifs is 1. The molecule has 1 aromatic heterocycles. The van der Waals surface area contributed by atoms with Crippen LogP contribution in [0, 0.1) is 6.92 Å². The first-order chi connectivity index (χ1) is 13.4. The van der Waals surface area contributed by atoms with Gasteiger partial charge in [-0.25, -0.2) is 14.5 Å². The summed E-state index contributed by atoms with van der Waals surface area (Å²) in [6.07, 6.45) is 3.21. The highest BCUT2D eigenvalue weighted by molar-refractivity contribution is 6.07. The Morgan fingerprint density at radius 3 is 2.71 bits per heavy atom. The molecule has 138 valence electrons. The van der Waals surface area contributed by atoms with Crippen LogP contribution in [-0.2, 0) is 4.79 Å². The first kappa shape index (κ1) is 17.4. The lowest BCUT2D eigenvalue weighted by atomic mass is 10.1. The number of aromatic carboxylic acids is 1. The second-order valence-electron chi connectivity index (χ2n) is 6.37. The zero-order valence-corrected chi connectivity index (χ0v) is 14.8. The normalized spacial score (nSPS) is 14.3. The summed E-state index contributed by atoms with van der Waals surface area (Å²) in [7, 11) is 0. The minimum absolute atomic E-state index is 0.0720. The van der Waals surface area contributed by atoms with Crippen molar-refractivity contribution >= 4 is 24.0 Å². The van der Waals surface area contributed by atoms with E-state index in [1.807, 2.05) is 12.1 Å². The summed E-state index contributed by atoms with van der Waals surface area (Å²) in [5, 5.41) is 13.5. The largest absolute Gasteiger partial charge is 0.478 e. The van der Waals surface area contributed by atoms with Gasteiger partial charge in [0.1, 0.15) is 0 Å². The van der Waals surface area contributed by atoms with Crippen molar-refractivity contribution in [3.8, 4) is 5.69 Å². The molecule has 2 heterocycles. The zero-order chi connectivity index (χ0) is 19.8. The number of nitrogens with zero attached hydrogens (tertiary/aromatic N) is 2. The molecule has 0 unspecified atom stereocenters. The van der Waals surface area contributed by atoms with Crippen LogP contribution < -0.4 is 16.1 Å². The molecule has 1 aliphatic rings. The van der Waals surface area contributed by atoms with Gasteiger partial charge in [-0.2, -0.15) is 0 Å². The number of carbonyl (C=O) groups is 2. The Balaban J connectivity index is 1.83. The van der Waals surface area contributed by atoms with Crippen molar-refractivity contribution in [2.75, 3.05) is 0 Å². The van der Waals surface area contributed by atoms with Gasteiger partial charge in [-0.05, 0) is 43.3 Å². The van der Waals surface area contributed by atoms with Crippen LogP contribution in [0.2, 0.25) is 0 Å². The van der Waals surface area contributed by atoms with E-state index in [0.29, 0.717) is 27.9 Å². The van der Waals surface area contributed by atoms with E-state index < -0.39 is 11.9 Å². The van der Waals surface area contributed by atoms with Crippen LogP contribution in [0.25, 0.3) is 17.8 Å². The van der Waals surface area contributed by atoms with Crippen LogP contribution in [0.15, 0.2) is 63.9 Å². The monoisotopic (exact) mass is 373 g/mol. The highest BCUT2D eigenvalue weighted by Crippen LogP contribution is 2.14. The molecule has 2 aromatic carbocycles. The molecular formula is C21H15N3O4. The van der Waals surface area contributed by atoms with E-state index in [4.69, 9.17) is 5.11 Å². The smallest absolute Gasteiger partial charge is 0.335 e. The molecule has 0 atom stereocenters. The Labute approximate surface area is 158 Å². The van der Waals surface area contributed by atoms with Gasteiger partial charge in [0.25, 0.3) is 11.5 Å². The molecular weight excluding hydrogens is 358 g/mol. The number of aromatic amines is 1. The number of hydrogen-bond donors (Lipinski definition) is 2. The maximum Gasteiger partial charge on any atom is 0.335 e. The molecule has 7 nitrogen and oxygen atoms in total. The Morgan fingerprint density at radius 1 is 1.14 bits per heavy atom. The molecule has 0 spiro atoms. The van der Waals surface area contributed by atoms with E-state index in [1.165, 1.54) is 22.9 Å². The Kier molecular flexibility index (Phi) is 4.12. The molecule has 0 fully saturated rings. The number of aromatic nitrogens is 2. The average molecular weight is 373 g/mol. The summed E-state index contributed by atoms with van der Waals surface area (Å²) in [4.78, 5) is 40.4. The van der Waals surface area contributed by atoms with Crippen LogP contribution in [-0.4, -0.2) is 26.8 Å². The average Bonchev–Trinajstić information content (AvgIpc) is 2.97. The van der Waals surface area contributed by atoms with Crippen LogP contribution in [0.5, 0.6) is 0 Å². The quantitative estimate of drug-likeness (QED) is 0.673. The minimum Gasteiger partial charge on any atom is -0.478 e. The lowest BCUT2D eigenvalue weighted by Crippen LogP contribution is -2.30. The first-order valence-corrected chi connectivity index (χ1v) is 8.51. The predicted octanol–water partition coefficient (Wildman–Crippen LogP) is 1.20. The van der Waals surface area contributed by atoms with Crippen molar-refractivity contribution in [3.05, 3.63) is 91.9 Å². The summed E-state index contributed by atoms with van der Waals surface area (Å²) in [5.41, 5.74) is 1.26. The van der Waals surface area contributed by atoms with E-state index in [9.17, 15) is 14.4 Å². The zero-order valence-electron chi connectivity index (χ0n) is 14.8. The standard InChI is InChI=1S/C21H15N3O4/c1-12-17(11-15-9-13-5-2-3-8-18(13)22-19(15)25)20(26)24(23-12)16-7-4-6-14(10-16)21(27)28/h2-11,23H,1H3,(H,27,28)/b15-11+. The van der Waals surface area contributed by atoms with Gasteiger partial charge in [-0.15, -0.1) is 0 Å². The van der Waals surface area contributed by atoms with Gasteiger partial charge >= 0.3 is 5.97 Å². The Morgan fingerprint density at radius 2 is 1.93 bits per heavy atom. The number of hydrogen-bond acceptors (Lipinski definition) is 3. The van der Waals surface area contributed by atoms with Gasteiger partial charge in [-0.1, -0.05) is 24.3 Å². The molecule has 0 radical (unpaired) electrons. The summed E-state index contributed by atoms with van der Waals surface area (Å²) in [6.45, 7) is 1.71. The van der Waals surface area contributed by atoms with Crippen molar-refractivity contribution in [3.63, 3.8) is 0 Å². The summed E-state index contributed by atoms with van der Waals surface area (Å²) < 4.78 is 1.26. The number of amides is 1. The molecule has 7 heteroatoms. The lowest BCUT2D eigenvalue weighted by Gasteiger charge is -2.03. The summed E-state index contributed by atoms with van der Waals surface area (Å²) in [6, 6.07) is 13.3. The van der Waals surface area contributed by atoms with Gasteiger partial charge in [0.05, 0.1) is 22.2 Å². The van der Waals surface area contributed by atoms with Crippen molar-refractivity contribution in [2.24, 2.45) is 4.99 Å². The number of rotatable bonds is 3. The number of nitrogens with one attached hydrogen (secondary N) is 1. The topological polar surface area (TPSA) is 105 Å². The van der Waals surface area contributed by atoms with Crippen LogP contribution >= 0.6 is 0 Å². The first-order valence-electron chi connectivity index (χ1n) is 8.51. The third kappa shape index (κ3) is 2.99. The molecule has 0 aliphatic carbocycles. The van der Waals surface area contributed by atoms with E-state index in [1.54, 1.807) is 37.3 Å². The fraction of sp³-hybridized carbons (Fsp3) is 0.0476. The third-order valence-electron chi connectivity index (χ3n) is 4.48. The van der Waals surface area contributed by atoms with Crippen molar-refractivity contribution in [1.29, 1.82) is 0 Å². The number of benzene rings is 2. The highest BCUT2D eigenvalue weighted by atomic mass is 16.4. The van der Waals surface area contributed by atoms with E-state index in [2.05, 4.69) is 10.1 Å². The van der Waals surface area contributed by atoms with Crippen LogP contribution in [0.4, 0.5) is 0 Å². The van der Waals surface area contributed by atoms with Crippen molar-refractivity contribution in [1.82, 2.24) is 9.78 Å². The molecule has 1 amide bonds. The van der Waals surface area contributed by atoms with Gasteiger partial charge in [0.15, 0.2) is 0 Å². The van der Waals surface area contributed by atoms with Crippen molar-refractivity contribution in [2.45, 2.75) is 6.92 Å². The number of para-hydroxylation sites is 1. The number of carboxylic acid groups (broad SMARTS) is 1. The molecule has 0 saturated carbocycles. The number of carbonyl (C=O) groups excluding carboxylic acids is 1. The summed E-state index contributed by atoms with van der Waals surface area (Å²) >= 11 is 0. The minimum atomic E-state index is -1.08. The Bertz CT molecular complexity index is 1340. The van der Waals surface area contributed by atoms with Gasteiger partial charge < -0.3 is 5.11 Å². The van der Waals surface area contributed by atoms with Gasteiger partial charge in [0, 0.05) is 16.5 Å². The van der Waals surface area contributed by atoms with E-state index in [-0.39, 0.29) is 11.1 Å². The molecule has 4 rings (SSSR count). The maximum atomic E-state index is 12.9. The van der Waals surface area contributed by atoms with Crippen LogP contribution in [0.3, 0.4) is 0 Å². The predicted molar refractivity (Wildman–Crippen MR) is 103 cm³/mol. The van der Waals surface area contributed by atoms with Crippen molar-refractivity contribution < 1.29 is 14.7 Å². The number of aryl methyl sites for hydroxylation is 1. The molecule has 0 bridgehead atoms. The van der Waals surface area contributed by atoms with Gasteiger partial charge in [0.2, 0.25) is 0 Å². The second kappa shape index (κ2) is 6.62. The molecule has 1 aliphatic heterocycles. The van der Waals surface area contributed by atoms with Crippen LogP contribution in [0.1, 0.15) is 21.6 Å². The third-order valence-corrected chi connectivity index (χ3v) is 4.48. The lowest BCUT2D eigenvalue weighted by molar-refractivity contribution is -0.114. The summed E-state index contributed by atoms with van der Waals surface area (Å²) in [5.74, 6) is -1.50. The van der Waals surface area contributed by atoms with E-state index in [0.717, 1.165) is 5.22 Å². The molecule has 0 saturated heterocycles. The Hall–Kier alpha value is -4.00. The molecule has 3 aromatic rings. The highest BCUT2D eigenvalue weighted by Gasteiger charge is 2.16. The second-order valence-corrected chi connectivity index (χ2v) is 6.37. The number of H-pyrrole nitrogens is 1. The molecule has 2 N–H and O–H groups in total. The SMILES string of the molecule is Cc1[nH]n(-c2cccc(C(=O)O)c2)c(=O)c1/C=C1\C=c2ccccc2=NC1=O. The maximum absolute atomic E-state index is 12.9. The fourth-order valence-corrected chi connectivity index (χ4v) is 3.06. The van der Waals surface area contributed by atoms with Gasteiger partial charge in [-0.3, -0.25) is 14.7 Å². The fourth-order valence-electron chi connectivity index (χ4n) is 3.06. The van der Waals surface area contributed by atoms with E-state index >= 15 is 0 Å². The molecule has 28 heavy (non-hydrogen) atoms.